The molecule has 0 N–H and O–H groups in total. The van der Waals surface area contributed by atoms with Crippen LogP contribution in [0.25, 0.3) is 0 Å². The molecule has 250 valence electrons. The maximum absolute atomic E-state index is 12.4. The van der Waals surface area contributed by atoms with Gasteiger partial charge in [-0.3, -0.25) is 14.4 Å². The number of ether oxygens (including phenoxy) is 3. The summed E-state index contributed by atoms with van der Waals surface area (Å²) in [7, 11) is 0. The van der Waals surface area contributed by atoms with Crippen molar-refractivity contribution in [1.82, 2.24) is 0 Å². The monoisotopic (exact) mass is 614 g/mol. The van der Waals surface area contributed by atoms with E-state index in [1.54, 1.807) is 6.08 Å². The summed E-state index contributed by atoms with van der Waals surface area (Å²) in [6.45, 7) is 6.22. The van der Waals surface area contributed by atoms with Gasteiger partial charge in [0.2, 0.25) is 0 Å². The van der Waals surface area contributed by atoms with Gasteiger partial charge in [0.25, 0.3) is 0 Å². The van der Waals surface area contributed by atoms with E-state index >= 15 is 0 Å². The standard InChI is InChI=1S/C38H62O6/c1-4-7-10-13-15-16-17-18-19-20-21-22-23-26-28-31-37(40)43-34-35(33-42-36(39)30-27-24-12-9-6-3)44-38(41)32-29-25-14-11-8-5-2/h7,10,15-16,18-19,21-22,26,28,35H,4-6,8-9,11-14,17,20,23-25,27,29-34H2,1-3H3/b10-7-,16-15-,19-18-,22-21-,28-26-. The molecule has 6 nitrogen and oxygen atoms in total. The normalized spacial score (nSPS) is 12.7. The molecule has 0 spiro atoms. The van der Waals surface area contributed by atoms with Crippen LogP contribution >= 0.6 is 0 Å². The van der Waals surface area contributed by atoms with Crippen molar-refractivity contribution in [3.63, 3.8) is 0 Å². The number of carbonyl (C=O) groups excluding carboxylic acids is 3. The van der Waals surface area contributed by atoms with Crippen molar-refractivity contribution in [3.8, 4) is 0 Å². The van der Waals surface area contributed by atoms with Crippen molar-refractivity contribution in [3.05, 3.63) is 60.8 Å². The molecule has 0 radical (unpaired) electrons. The Morgan fingerprint density at radius 3 is 1.39 bits per heavy atom. The molecule has 6 heteroatoms. The largest absolute Gasteiger partial charge is 0.462 e. The quantitative estimate of drug-likeness (QED) is 0.0361. The highest BCUT2D eigenvalue weighted by Crippen LogP contribution is 2.10. The van der Waals surface area contributed by atoms with Crippen LogP contribution in [0.5, 0.6) is 0 Å². The number of carbonyl (C=O) groups is 3. The molecule has 0 bridgehead atoms. The minimum Gasteiger partial charge on any atom is -0.462 e. The molecule has 0 aromatic heterocycles. The second kappa shape index (κ2) is 33.0. The smallest absolute Gasteiger partial charge is 0.309 e. The number of allylic oxidation sites excluding steroid dienone is 9. The fourth-order valence-electron chi connectivity index (χ4n) is 4.22. The van der Waals surface area contributed by atoms with Crippen molar-refractivity contribution < 1.29 is 28.6 Å². The molecule has 0 rings (SSSR count). The summed E-state index contributed by atoms with van der Waals surface area (Å²) in [6.07, 6.45) is 37.1. The Labute approximate surface area is 269 Å². The zero-order valence-electron chi connectivity index (χ0n) is 28.1. The van der Waals surface area contributed by atoms with Crippen molar-refractivity contribution in [2.75, 3.05) is 13.2 Å². The van der Waals surface area contributed by atoms with E-state index in [4.69, 9.17) is 14.2 Å². The first kappa shape index (κ1) is 41.1. The predicted molar refractivity (Wildman–Crippen MR) is 182 cm³/mol. The summed E-state index contributed by atoms with van der Waals surface area (Å²) in [5.74, 6) is -1.08. The molecule has 0 aliphatic rings. The Hall–Kier alpha value is -2.89. The third kappa shape index (κ3) is 30.6. The van der Waals surface area contributed by atoms with Crippen LogP contribution in [0.4, 0.5) is 0 Å². The van der Waals surface area contributed by atoms with Gasteiger partial charge in [0.15, 0.2) is 6.10 Å². The van der Waals surface area contributed by atoms with Crippen LogP contribution < -0.4 is 0 Å². The van der Waals surface area contributed by atoms with Crippen molar-refractivity contribution in [1.29, 1.82) is 0 Å². The van der Waals surface area contributed by atoms with Gasteiger partial charge in [-0.1, -0.05) is 139 Å². The van der Waals surface area contributed by atoms with Gasteiger partial charge in [0, 0.05) is 12.8 Å². The summed E-state index contributed by atoms with van der Waals surface area (Å²) in [5.41, 5.74) is 0. The Balaban J connectivity index is 4.42. The van der Waals surface area contributed by atoms with Gasteiger partial charge in [0.1, 0.15) is 13.2 Å². The first-order chi connectivity index (χ1) is 21.5. The number of unbranched alkanes of at least 4 members (excludes halogenated alkanes) is 9. The zero-order valence-corrected chi connectivity index (χ0v) is 28.1. The zero-order chi connectivity index (χ0) is 32.4. The van der Waals surface area contributed by atoms with Crippen LogP contribution in [-0.4, -0.2) is 37.2 Å². The topological polar surface area (TPSA) is 78.9 Å². The summed E-state index contributed by atoms with van der Waals surface area (Å²) in [6, 6.07) is 0. The summed E-state index contributed by atoms with van der Waals surface area (Å²) in [4.78, 5) is 36.9. The molecular formula is C38H62O6. The lowest BCUT2D eigenvalue weighted by Crippen LogP contribution is -2.30. The lowest BCUT2D eigenvalue weighted by Gasteiger charge is -2.18. The van der Waals surface area contributed by atoms with Crippen LogP contribution in [0.1, 0.15) is 143 Å². The summed E-state index contributed by atoms with van der Waals surface area (Å²) >= 11 is 0. The fourth-order valence-corrected chi connectivity index (χ4v) is 4.22. The molecule has 0 saturated carbocycles. The minimum atomic E-state index is -0.802. The molecule has 44 heavy (non-hydrogen) atoms. The molecule has 0 amide bonds. The van der Waals surface area contributed by atoms with E-state index < -0.39 is 12.1 Å². The first-order valence-corrected chi connectivity index (χ1v) is 17.3. The van der Waals surface area contributed by atoms with Crippen LogP contribution in [-0.2, 0) is 28.6 Å². The lowest BCUT2D eigenvalue weighted by molar-refractivity contribution is -0.166. The number of esters is 3. The third-order valence-corrected chi connectivity index (χ3v) is 6.82. The second-order valence-corrected chi connectivity index (χ2v) is 11.1. The van der Waals surface area contributed by atoms with Crippen molar-refractivity contribution in [2.45, 2.75) is 149 Å². The molecule has 0 fully saturated rings. The van der Waals surface area contributed by atoms with Gasteiger partial charge in [-0.05, 0) is 44.9 Å². The van der Waals surface area contributed by atoms with E-state index in [0.717, 1.165) is 83.5 Å². The number of hydrogen-bond acceptors (Lipinski definition) is 6. The van der Waals surface area contributed by atoms with Crippen LogP contribution in [0.2, 0.25) is 0 Å². The molecule has 0 saturated heterocycles. The van der Waals surface area contributed by atoms with Gasteiger partial charge < -0.3 is 14.2 Å². The maximum Gasteiger partial charge on any atom is 0.309 e. The number of rotatable bonds is 29. The fraction of sp³-hybridized carbons (Fsp3) is 0.658. The first-order valence-electron chi connectivity index (χ1n) is 17.3. The highest BCUT2D eigenvalue weighted by atomic mass is 16.6. The Morgan fingerprint density at radius 2 is 0.886 bits per heavy atom. The summed E-state index contributed by atoms with van der Waals surface area (Å²) < 4.78 is 16.3. The van der Waals surface area contributed by atoms with Gasteiger partial charge in [-0.15, -0.1) is 0 Å². The average Bonchev–Trinajstić information content (AvgIpc) is 3.02. The van der Waals surface area contributed by atoms with E-state index in [1.807, 2.05) is 6.08 Å². The van der Waals surface area contributed by atoms with Crippen LogP contribution in [0, 0.1) is 0 Å². The van der Waals surface area contributed by atoms with Crippen LogP contribution in [0.15, 0.2) is 60.8 Å². The van der Waals surface area contributed by atoms with E-state index in [2.05, 4.69) is 69.4 Å². The van der Waals surface area contributed by atoms with Gasteiger partial charge >= 0.3 is 17.9 Å². The second-order valence-electron chi connectivity index (χ2n) is 11.1. The van der Waals surface area contributed by atoms with E-state index in [9.17, 15) is 14.4 Å². The van der Waals surface area contributed by atoms with Crippen molar-refractivity contribution in [2.24, 2.45) is 0 Å². The van der Waals surface area contributed by atoms with Gasteiger partial charge in [-0.2, -0.15) is 0 Å². The molecule has 0 aliphatic heterocycles. The molecular weight excluding hydrogens is 552 g/mol. The average molecular weight is 615 g/mol. The van der Waals surface area contributed by atoms with Gasteiger partial charge in [0.05, 0.1) is 6.42 Å². The lowest BCUT2D eigenvalue weighted by atomic mass is 10.1. The molecule has 1 atom stereocenters. The molecule has 0 aromatic rings. The minimum absolute atomic E-state index is 0.106. The van der Waals surface area contributed by atoms with Gasteiger partial charge in [-0.25, -0.2) is 0 Å². The molecule has 0 heterocycles. The SMILES string of the molecule is CC/C=C\C/C=C\C/C=C\C/C=C\C/C=C\CC(=O)OCC(COC(=O)CCCCCCC)OC(=O)CCCCCCCC. The highest BCUT2D eigenvalue weighted by Gasteiger charge is 2.19. The molecule has 0 aliphatic carbocycles. The highest BCUT2D eigenvalue weighted by molar-refractivity contribution is 5.72. The molecule has 0 aromatic carbocycles. The Kier molecular flexibility index (Phi) is 30.8. The molecule has 1 unspecified atom stereocenters. The third-order valence-electron chi connectivity index (χ3n) is 6.82. The maximum atomic E-state index is 12.4. The van der Waals surface area contributed by atoms with Crippen molar-refractivity contribution >= 4 is 17.9 Å². The number of hydrogen-bond donors (Lipinski definition) is 0. The predicted octanol–water partition coefficient (Wildman–Crippen LogP) is 10.2. The van der Waals surface area contributed by atoms with Crippen LogP contribution in [0.3, 0.4) is 0 Å². The Bertz CT molecular complexity index is 851. The van der Waals surface area contributed by atoms with E-state index in [-0.39, 0.29) is 31.6 Å². The summed E-state index contributed by atoms with van der Waals surface area (Å²) in [5, 5.41) is 0. The Morgan fingerprint density at radius 1 is 0.477 bits per heavy atom. The van der Waals surface area contributed by atoms with E-state index in [1.165, 1.54) is 19.3 Å². The van der Waals surface area contributed by atoms with E-state index in [0.29, 0.717) is 12.8 Å².